The molecule has 1 aliphatic carbocycles. The Morgan fingerprint density at radius 2 is 1.86 bits per heavy atom. The third-order valence-electron chi connectivity index (χ3n) is 6.91. The number of nitrogens with zero attached hydrogens (tertiary/aromatic N) is 3. The number of rotatable bonds is 6. The molecule has 2 amide bonds. The van der Waals surface area contributed by atoms with Crippen molar-refractivity contribution in [2.24, 2.45) is 11.1 Å². The van der Waals surface area contributed by atoms with Crippen LogP contribution in [0.25, 0.3) is 11.1 Å². The van der Waals surface area contributed by atoms with Crippen LogP contribution in [0.2, 0.25) is 0 Å². The maximum absolute atomic E-state index is 13.1. The zero-order valence-electron chi connectivity index (χ0n) is 19.1. The zero-order valence-corrected chi connectivity index (χ0v) is 19.1. The first kappa shape index (κ1) is 22.8. The highest BCUT2D eigenvalue weighted by Gasteiger charge is 2.46. The second-order valence-corrected chi connectivity index (χ2v) is 9.27. The number of carbonyl (C=O) groups excluding carboxylic acids is 2. The molecule has 0 bridgehead atoms. The van der Waals surface area contributed by atoms with Crippen LogP contribution in [0.15, 0.2) is 53.2 Å². The van der Waals surface area contributed by atoms with Crippen LogP contribution < -0.4 is 16.0 Å². The average molecular weight is 480 g/mol. The summed E-state index contributed by atoms with van der Waals surface area (Å²) in [4.78, 5) is 30.0. The van der Waals surface area contributed by atoms with Crippen molar-refractivity contribution in [2.75, 3.05) is 18.0 Å². The predicted octanol–water partition coefficient (Wildman–Crippen LogP) is 3.65. The largest absolute Gasteiger partial charge is 0.441 e. The van der Waals surface area contributed by atoms with E-state index in [1.54, 1.807) is 12.1 Å². The van der Waals surface area contributed by atoms with Gasteiger partial charge in [0.1, 0.15) is 11.6 Å². The van der Waals surface area contributed by atoms with Crippen LogP contribution >= 0.6 is 0 Å². The number of hydrogen-bond donors (Lipinski definition) is 2. The van der Waals surface area contributed by atoms with Gasteiger partial charge in [0.05, 0.1) is 0 Å². The van der Waals surface area contributed by atoms with E-state index in [0.717, 1.165) is 55.7 Å². The van der Waals surface area contributed by atoms with Gasteiger partial charge in [0.25, 0.3) is 5.91 Å². The third-order valence-corrected chi connectivity index (χ3v) is 6.91. The number of halogens is 1. The Kier molecular flexibility index (Phi) is 6.10. The molecule has 3 aromatic rings. The van der Waals surface area contributed by atoms with E-state index in [0.29, 0.717) is 0 Å². The maximum Gasteiger partial charge on any atom is 0.407 e. The van der Waals surface area contributed by atoms with Crippen LogP contribution in [0.5, 0.6) is 0 Å². The molecule has 9 nitrogen and oxygen atoms in total. The van der Waals surface area contributed by atoms with E-state index in [9.17, 15) is 14.0 Å². The number of ether oxygens (including phenoxy) is 1. The molecule has 2 fully saturated rings. The molecule has 1 aliphatic heterocycles. The second kappa shape index (κ2) is 9.36. The molecule has 3 heterocycles. The van der Waals surface area contributed by atoms with Crippen molar-refractivity contribution in [3.63, 3.8) is 0 Å². The Balaban J connectivity index is 1.06. The lowest BCUT2D eigenvalue weighted by Crippen LogP contribution is -2.55. The Hall–Kier alpha value is -3.95. The van der Waals surface area contributed by atoms with Crippen LogP contribution in [-0.4, -0.2) is 41.3 Å². The van der Waals surface area contributed by atoms with Crippen LogP contribution in [0, 0.1) is 11.2 Å². The Bertz CT molecular complexity index is 1200. The standard InChI is InChI=1S/C25H26FN5O4/c26-18-4-1-16(2-5-18)17-3-6-22(28-14-17)31-9-7-25(8-10-31)12-19(13-25)29-24(33)34-15-20-11-21(23(27)32)30-35-20/h1-6,11,14,19H,7-10,12-13,15H2,(H2,27,32)(H,29,33). The van der Waals surface area contributed by atoms with E-state index in [1.165, 1.54) is 18.2 Å². The normalized spacial score (nSPS) is 17.1. The molecule has 1 spiro atoms. The molecule has 2 aliphatic rings. The summed E-state index contributed by atoms with van der Waals surface area (Å²) in [5.74, 6) is 0.242. The molecule has 182 valence electrons. The highest BCUT2D eigenvalue weighted by Crippen LogP contribution is 2.49. The van der Waals surface area contributed by atoms with Crippen LogP contribution in [0.4, 0.5) is 15.0 Å². The molecule has 0 radical (unpaired) electrons. The summed E-state index contributed by atoms with van der Waals surface area (Å²) in [6.45, 7) is 1.70. The minimum Gasteiger partial charge on any atom is -0.441 e. The summed E-state index contributed by atoms with van der Waals surface area (Å²) in [5.41, 5.74) is 7.25. The average Bonchev–Trinajstić information content (AvgIpc) is 3.33. The van der Waals surface area contributed by atoms with E-state index < -0.39 is 12.0 Å². The Labute approximate surface area is 201 Å². The van der Waals surface area contributed by atoms with E-state index in [2.05, 4.69) is 20.4 Å². The lowest BCUT2D eigenvalue weighted by molar-refractivity contribution is 0.0457. The minimum atomic E-state index is -0.701. The number of amides is 2. The van der Waals surface area contributed by atoms with Gasteiger partial charge in [-0.25, -0.2) is 14.2 Å². The number of aromatic nitrogens is 2. The van der Waals surface area contributed by atoms with Gasteiger partial charge < -0.3 is 25.2 Å². The smallest absolute Gasteiger partial charge is 0.407 e. The van der Waals surface area contributed by atoms with E-state index in [-0.39, 0.29) is 35.3 Å². The van der Waals surface area contributed by atoms with Crippen molar-refractivity contribution in [1.82, 2.24) is 15.5 Å². The summed E-state index contributed by atoms with van der Waals surface area (Å²) in [6, 6.07) is 11.9. The first-order valence-corrected chi connectivity index (χ1v) is 11.5. The van der Waals surface area contributed by atoms with Crippen molar-refractivity contribution in [2.45, 2.75) is 38.3 Å². The number of nitrogens with two attached hydrogens (primary N) is 1. The van der Waals surface area contributed by atoms with Crippen LogP contribution in [0.3, 0.4) is 0 Å². The minimum absolute atomic E-state index is 0.00435. The number of primary amides is 1. The lowest BCUT2D eigenvalue weighted by atomic mass is 9.60. The van der Waals surface area contributed by atoms with Gasteiger partial charge in [0, 0.05) is 37.0 Å². The monoisotopic (exact) mass is 479 g/mol. The van der Waals surface area contributed by atoms with Gasteiger partial charge in [-0.05, 0) is 60.9 Å². The van der Waals surface area contributed by atoms with Crippen molar-refractivity contribution in [3.8, 4) is 11.1 Å². The highest BCUT2D eigenvalue weighted by molar-refractivity contribution is 5.90. The van der Waals surface area contributed by atoms with E-state index in [1.807, 2.05) is 18.3 Å². The van der Waals surface area contributed by atoms with Crippen molar-refractivity contribution < 1.29 is 23.2 Å². The molecule has 0 unspecified atom stereocenters. The Morgan fingerprint density at radius 1 is 1.14 bits per heavy atom. The van der Waals surface area contributed by atoms with Gasteiger partial charge in [-0.2, -0.15) is 0 Å². The second-order valence-electron chi connectivity index (χ2n) is 9.27. The maximum atomic E-state index is 13.1. The number of hydrogen-bond acceptors (Lipinski definition) is 7. The number of alkyl carbamates (subject to hydrolysis) is 1. The number of pyridine rings is 1. The fourth-order valence-electron chi connectivity index (χ4n) is 4.93. The zero-order chi connectivity index (χ0) is 24.4. The van der Waals surface area contributed by atoms with Crippen molar-refractivity contribution >= 4 is 17.8 Å². The van der Waals surface area contributed by atoms with Crippen molar-refractivity contribution in [3.05, 3.63) is 65.9 Å². The number of anilines is 1. The summed E-state index contributed by atoms with van der Waals surface area (Å²) >= 11 is 0. The molecular weight excluding hydrogens is 453 g/mol. The number of piperidine rings is 1. The third kappa shape index (κ3) is 5.11. The summed E-state index contributed by atoms with van der Waals surface area (Å²) in [7, 11) is 0. The molecule has 35 heavy (non-hydrogen) atoms. The van der Waals surface area contributed by atoms with Crippen LogP contribution in [-0.2, 0) is 11.3 Å². The summed E-state index contributed by atoms with van der Waals surface area (Å²) in [6.07, 6.45) is 5.22. The first-order valence-electron chi connectivity index (χ1n) is 11.5. The molecule has 1 saturated carbocycles. The number of nitrogens with one attached hydrogen (secondary N) is 1. The predicted molar refractivity (Wildman–Crippen MR) is 125 cm³/mol. The first-order chi connectivity index (χ1) is 16.9. The van der Waals surface area contributed by atoms with Gasteiger partial charge in [0.15, 0.2) is 18.1 Å². The topological polar surface area (TPSA) is 124 Å². The quantitative estimate of drug-likeness (QED) is 0.553. The SMILES string of the molecule is NC(=O)c1cc(COC(=O)NC2CC3(CCN(c4ccc(-c5ccc(F)cc5)cn4)CC3)C2)on1. The molecule has 2 aromatic heterocycles. The summed E-state index contributed by atoms with van der Waals surface area (Å²) < 4.78 is 23.2. The Morgan fingerprint density at radius 3 is 2.49 bits per heavy atom. The molecule has 0 atom stereocenters. The number of carbonyl (C=O) groups is 2. The van der Waals surface area contributed by atoms with E-state index >= 15 is 0 Å². The van der Waals surface area contributed by atoms with Gasteiger partial charge >= 0.3 is 6.09 Å². The molecule has 1 aromatic carbocycles. The fraction of sp³-hybridized carbons (Fsp3) is 0.360. The molecule has 10 heteroatoms. The van der Waals surface area contributed by atoms with Gasteiger partial charge in [-0.15, -0.1) is 0 Å². The van der Waals surface area contributed by atoms with E-state index in [4.69, 9.17) is 15.0 Å². The van der Waals surface area contributed by atoms with Gasteiger partial charge in [0.2, 0.25) is 0 Å². The molecule has 1 saturated heterocycles. The molecular formula is C25H26FN5O4. The number of benzene rings is 1. The molecule has 5 rings (SSSR count). The highest BCUT2D eigenvalue weighted by atomic mass is 19.1. The summed E-state index contributed by atoms with van der Waals surface area (Å²) in [5, 5.41) is 6.40. The van der Waals surface area contributed by atoms with Crippen LogP contribution in [0.1, 0.15) is 41.9 Å². The van der Waals surface area contributed by atoms with Crippen molar-refractivity contribution in [1.29, 1.82) is 0 Å². The van der Waals surface area contributed by atoms with Gasteiger partial charge in [-0.3, -0.25) is 4.79 Å². The van der Waals surface area contributed by atoms with Gasteiger partial charge in [-0.1, -0.05) is 17.3 Å². The lowest BCUT2D eigenvalue weighted by Gasteiger charge is -2.52. The molecule has 3 N–H and O–H groups in total. The fourth-order valence-corrected chi connectivity index (χ4v) is 4.93.